The molecule has 0 spiro atoms. The Morgan fingerprint density at radius 2 is 1.02 bits per heavy atom. The summed E-state index contributed by atoms with van der Waals surface area (Å²) in [7, 11) is -5.77. The highest BCUT2D eigenvalue weighted by atomic mass is 35.5. The lowest BCUT2D eigenvalue weighted by Gasteiger charge is -2.10. The second-order valence-electron chi connectivity index (χ2n) is 11.7. The molecule has 0 aliphatic heterocycles. The van der Waals surface area contributed by atoms with E-state index in [-0.39, 0.29) is 7.43 Å². The Kier molecular flexibility index (Phi) is 15.3. The van der Waals surface area contributed by atoms with Crippen LogP contribution in [-0.2, 0) is 9.13 Å². The summed E-state index contributed by atoms with van der Waals surface area (Å²) in [5, 5.41) is 25.6. The molecule has 0 radical (unpaired) electrons. The Morgan fingerprint density at radius 3 is 1.43 bits per heavy atom. The third kappa shape index (κ3) is 13.5. The van der Waals surface area contributed by atoms with Gasteiger partial charge in [0.2, 0.25) is 0 Å². The molecule has 0 bridgehead atoms. The van der Waals surface area contributed by atoms with E-state index >= 15 is 0 Å². The van der Waals surface area contributed by atoms with E-state index in [4.69, 9.17) is 21.6 Å². The Balaban J connectivity index is 0.000000223. The first-order valence-corrected chi connectivity index (χ1v) is 21.0. The molecule has 14 heteroatoms. The molecule has 6 rings (SSSR count). The summed E-state index contributed by atoms with van der Waals surface area (Å²) in [5.41, 5.74) is 4.21. The second kappa shape index (κ2) is 19.1. The number of hydrogen-bond acceptors (Lipinski definition) is 10. The van der Waals surface area contributed by atoms with Crippen LogP contribution in [0.3, 0.4) is 0 Å². The van der Waals surface area contributed by atoms with Gasteiger partial charge in [-0.25, -0.2) is 19.9 Å². The van der Waals surface area contributed by atoms with Gasteiger partial charge < -0.3 is 29.8 Å². The van der Waals surface area contributed by atoms with Crippen LogP contribution in [0.4, 0.5) is 23.0 Å². The van der Waals surface area contributed by atoms with Crippen molar-refractivity contribution in [2.45, 2.75) is 7.43 Å². The molecule has 0 unspecified atom stereocenters. The van der Waals surface area contributed by atoms with Crippen molar-refractivity contribution in [2.75, 3.05) is 37.3 Å². The predicted molar refractivity (Wildman–Crippen MR) is 215 cm³/mol. The molecule has 4 aromatic carbocycles. The Morgan fingerprint density at radius 1 is 0.588 bits per heavy atom. The van der Waals surface area contributed by atoms with Crippen molar-refractivity contribution < 1.29 is 19.2 Å². The zero-order valence-electron chi connectivity index (χ0n) is 28.1. The largest absolute Gasteiger partial charge is 0.488 e. The van der Waals surface area contributed by atoms with Crippen molar-refractivity contribution in [1.29, 1.82) is 0 Å². The third-order valence-electron chi connectivity index (χ3n) is 6.99. The normalized spacial score (nSPS) is 10.6. The molecule has 2 heterocycles. The lowest BCUT2D eigenvalue weighted by molar-refractivity contribution is 0.426. The topological polar surface area (TPSA) is 150 Å². The number of nitrogens with zero attached hydrogens (tertiary/aromatic N) is 4. The highest BCUT2D eigenvalue weighted by Gasteiger charge is 2.12. The SMILES string of the molecule is C.CP(C)(=O)c1ccc(Nc2cc(-c3ccccc3)ncn2)cc1.CP(C)(=O)c1ccc(Nc2cc(Cl)ncn2)cc1.OB(O)c1ccccc1. The molecule has 0 atom stereocenters. The summed E-state index contributed by atoms with van der Waals surface area (Å²) in [6.07, 6.45) is 2.94. The molecule has 0 saturated carbocycles. The molecule has 10 nitrogen and oxygen atoms in total. The first-order chi connectivity index (χ1) is 23.8. The molecule has 0 aliphatic carbocycles. The van der Waals surface area contributed by atoms with Crippen LogP contribution in [0, 0.1) is 0 Å². The number of halogens is 1. The smallest absolute Gasteiger partial charge is 0.423 e. The number of hydrogen-bond donors (Lipinski definition) is 4. The monoisotopic (exact) mass is 742 g/mol. The van der Waals surface area contributed by atoms with Gasteiger partial charge in [-0.15, -0.1) is 0 Å². The van der Waals surface area contributed by atoms with Crippen molar-refractivity contribution in [1.82, 2.24) is 19.9 Å². The van der Waals surface area contributed by atoms with Gasteiger partial charge in [-0.2, -0.15) is 0 Å². The van der Waals surface area contributed by atoms with Gasteiger partial charge >= 0.3 is 7.12 Å². The van der Waals surface area contributed by atoms with Crippen LogP contribution in [0.1, 0.15) is 7.43 Å². The lowest BCUT2D eigenvalue weighted by atomic mass is 9.81. The first-order valence-electron chi connectivity index (χ1n) is 15.4. The maximum atomic E-state index is 12.0. The Bertz CT molecular complexity index is 2050. The maximum absolute atomic E-state index is 12.0. The van der Waals surface area contributed by atoms with E-state index in [1.807, 2.05) is 91.0 Å². The molecule has 0 amide bonds. The zero-order chi connectivity index (χ0) is 36.1. The van der Waals surface area contributed by atoms with Crippen molar-refractivity contribution in [2.24, 2.45) is 0 Å². The summed E-state index contributed by atoms with van der Waals surface area (Å²) in [5.74, 6) is 1.35. The molecular weight excluding hydrogens is 701 g/mol. The molecule has 51 heavy (non-hydrogen) atoms. The average molecular weight is 743 g/mol. The fourth-order valence-corrected chi connectivity index (χ4v) is 6.20. The van der Waals surface area contributed by atoms with Gasteiger partial charge in [0.1, 0.15) is 43.7 Å². The van der Waals surface area contributed by atoms with Gasteiger partial charge in [0.05, 0.1) is 5.69 Å². The van der Waals surface area contributed by atoms with E-state index in [0.717, 1.165) is 39.1 Å². The molecule has 264 valence electrons. The first kappa shape index (κ1) is 40.8. The minimum Gasteiger partial charge on any atom is -0.423 e. The van der Waals surface area contributed by atoms with Crippen LogP contribution in [-0.4, -0.2) is 63.8 Å². The highest BCUT2D eigenvalue weighted by molar-refractivity contribution is 7.70. The van der Waals surface area contributed by atoms with Gasteiger partial charge in [0.25, 0.3) is 0 Å². The zero-order valence-corrected chi connectivity index (χ0v) is 30.6. The van der Waals surface area contributed by atoms with Crippen LogP contribution in [0.2, 0.25) is 5.15 Å². The molecule has 0 aliphatic rings. The molecule has 0 saturated heterocycles. The summed E-state index contributed by atoms with van der Waals surface area (Å²) < 4.78 is 23.9. The fraction of sp³-hybridized carbons (Fsp3) is 0.135. The van der Waals surface area contributed by atoms with E-state index < -0.39 is 21.4 Å². The quantitative estimate of drug-likeness (QED) is 0.0713. The molecule has 6 aromatic rings. The Hall–Kier alpha value is -4.63. The third-order valence-corrected chi connectivity index (χ3v) is 10.3. The average Bonchev–Trinajstić information content (AvgIpc) is 3.09. The second-order valence-corrected chi connectivity index (χ2v) is 18.5. The van der Waals surface area contributed by atoms with E-state index in [2.05, 4.69) is 30.6 Å². The number of anilines is 4. The van der Waals surface area contributed by atoms with Gasteiger partial charge in [0.15, 0.2) is 0 Å². The van der Waals surface area contributed by atoms with Crippen LogP contribution in [0.5, 0.6) is 0 Å². The van der Waals surface area contributed by atoms with Gasteiger partial charge in [-0.3, -0.25) is 0 Å². The molecule has 0 fully saturated rings. The molecular formula is C37H42BClN6O4P2. The Labute approximate surface area is 305 Å². The highest BCUT2D eigenvalue weighted by Crippen LogP contribution is 2.35. The number of aromatic nitrogens is 4. The van der Waals surface area contributed by atoms with E-state index in [1.165, 1.54) is 6.33 Å². The van der Waals surface area contributed by atoms with Crippen LogP contribution in [0.25, 0.3) is 11.3 Å². The number of nitrogens with one attached hydrogen (secondary N) is 2. The summed E-state index contributed by atoms with van der Waals surface area (Å²) in [6, 6.07) is 37.2. The number of benzene rings is 4. The van der Waals surface area contributed by atoms with E-state index in [0.29, 0.717) is 16.4 Å². The van der Waals surface area contributed by atoms with E-state index in [1.54, 1.807) is 63.3 Å². The van der Waals surface area contributed by atoms with Crippen molar-refractivity contribution in [3.05, 3.63) is 139 Å². The fourth-order valence-electron chi connectivity index (χ4n) is 4.32. The standard InChI is InChI=1S/C18H18N3OP.C12H13ClN3OP.C6H7BO2.CH4/c1-23(2,22)16-10-8-15(9-11-16)21-18-12-17(19-13-20-18)14-6-4-3-5-7-14;1-18(2,17)10-5-3-9(4-6-10)16-12-7-11(13)14-8-15-12;8-7(9)6-4-2-1-3-5-6;/h3-13H,1-2H3,(H,19,20,21);3-8H,1-2H3,(H,14,15,16);1-5,8-9H;1H4. The lowest BCUT2D eigenvalue weighted by Crippen LogP contribution is -2.29. The summed E-state index contributed by atoms with van der Waals surface area (Å²) in [4.78, 5) is 16.4. The van der Waals surface area contributed by atoms with Gasteiger partial charge in [-0.05, 0) is 80.7 Å². The van der Waals surface area contributed by atoms with Gasteiger partial charge in [-0.1, -0.05) is 79.7 Å². The maximum Gasteiger partial charge on any atom is 0.488 e. The van der Waals surface area contributed by atoms with E-state index in [9.17, 15) is 9.13 Å². The van der Waals surface area contributed by atoms with Crippen molar-refractivity contribution in [3.63, 3.8) is 0 Å². The summed E-state index contributed by atoms with van der Waals surface area (Å²) >= 11 is 5.77. The molecule has 2 aromatic heterocycles. The predicted octanol–water partition coefficient (Wildman–Crippen LogP) is 7.26. The number of rotatable bonds is 8. The van der Waals surface area contributed by atoms with Crippen LogP contribution in [0.15, 0.2) is 134 Å². The minimum atomic E-state index is -2.22. The summed E-state index contributed by atoms with van der Waals surface area (Å²) in [6.45, 7) is 7.04. The van der Waals surface area contributed by atoms with Crippen molar-refractivity contribution in [3.8, 4) is 11.3 Å². The van der Waals surface area contributed by atoms with Crippen LogP contribution < -0.4 is 26.7 Å². The van der Waals surface area contributed by atoms with Crippen LogP contribution >= 0.6 is 25.9 Å². The van der Waals surface area contributed by atoms with Gasteiger partial charge in [0, 0.05) is 39.7 Å². The minimum absolute atomic E-state index is 0. The van der Waals surface area contributed by atoms with Crippen molar-refractivity contribution >= 4 is 72.1 Å². The molecule has 4 N–H and O–H groups in total.